The van der Waals surface area contributed by atoms with Gasteiger partial charge in [0.05, 0.1) is 19.8 Å². The first-order valence-corrected chi connectivity index (χ1v) is 27.9. The number of phosphoric ester groups is 1. The molecule has 66 heavy (non-hydrogen) atoms. The molecule has 0 fully saturated rings. The molecule has 3 N–H and O–H groups in total. The number of unbranched alkanes of at least 4 members (excludes halogenated alkanes) is 18. The number of rotatable bonds is 49. The lowest BCUT2D eigenvalue weighted by Crippen LogP contribution is -2.28. The fourth-order valence-corrected chi connectivity index (χ4v) is 7.60. The van der Waals surface area contributed by atoms with Gasteiger partial charge in [0.25, 0.3) is 0 Å². The smallest absolute Gasteiger partial charge is 0.457 e. The second kappa shape index (κ2) is 53.1. The molecule has 0 heterocycles. The molecule has 9 heteroatoms. The Labute approximate surface area is 405 Å². The standard InChI is InChI=1S/C57H98NO7P/c1-3-5-7-9-11-13-15-17-19-21-23-25-27-29-31-33-35-37-39-41-43-45-47-49-52-62-54-56(55-64-66(60,61)63-53-51-58)65-57(59)50-48-46-44-42-40-38-36-34-32-30-28-26-24-22-20-18-16-14-12-10-8-6-4-2/h5,7,11,13,16-19,22-25,28-31,35,37,56H,3-4,6,8-10,12,14-15,20-21,26-27,32-34,36,38-55,58H2,1-2H3,(H,60,61)/b7-5-,13-11-,18-16-,19-17-,24-22-,25-23-,30-28-,31-29-,37-35-. The Morgan fingerprint density at radius 3 is 1.27 bits per heavy atom. The Balaban J connectivity index is 4.04. The van der Waals surface area contributed by atoms with Gasteiger partial charge in [-0.25, -0.2) is 4.57 Å². The molecule has 2 unspecified atom stereocenters. The fraction of sp³-hybridized carbons (Fsp3) is 0.667. The number of ether oxygens (including phenoxy) is 2. The molecule has 0 rings (SSSR count). The lowest BCUT2D eigenvalue weighted by atomic mass is 10.1. The van der Waals surface area contributed by atoms with E-state index >= 15 is 0 Å². The zero-order chi connectivity index (χ0) is 48.0. The molecule has 0 aromatic heterocycles. The summed E-state index contributed by atoms with van der Waals surface area (Å²) in [5.41, 5.74) is 5.39. The van der Waals surface area contributed by atoms with E-state index in [0.717, 1.165) is 103 Å². The van der Waals surface area contributed by atoms with E-state index in [9.17, 15) is 14.3 Å². The fourth-order valence-electron chi connectivity index (χ4n) is 6.83. The topological polar surface area (TPSA) is 117 Å². The molecule has 0 aliphatic heterocycles. The van der Waals surface area contributed by atoms with Crippen molar-refractivity contribution < 1.29 is 32.8 Å². The molecular formula is C57H98NO7P. The summed E-state index contributed by atoms with van der Waals surface area (Å²) < 4.78 is 33.6. The number of allylic oxidation sites excluding steroid dienone is 18. The van der Waals surface area contributed by atoms with E-state index in [4.69, 9.17) is 24.3 Å². The number of esters is 1. The molecule has 0 radical (unpaired) electrons. The first kappa shape index (κ1) is 63.2. The summed E-state index contributed by atoms with van der Waals surface area (Å²) in [6.07, 6.45) is 72.6. The third kappa shape index (κ3) is 52.1. The maximum Gasteiger partial charge on any atom is 0.472 e. The zero-order valence-corrected chi connectivity index (χ0v) is 43.0. The van der Waals surface area contributed by atoms with Gasteiger partial charge in [-0.05, 0) is 103 Å². The summed E-state index contributed by atoms with van der Waals surface area (Å²) >= 11 is 0. The molecule has 0 spiro atoms. The summed E-state index contributed by atoms with van der Waals surface area (Å²) in [6.45, 7) is 4.72. The van der Waals surface area contributed by atoms with Crippen molar-refractivity contribution in [2.24, 2.45) is 5.73 Å². The van der Waals surface area contributed by atoms with Crippen LogP contribution in [0.15, 0.2) is 109 Å². The van der Waals surface area contributed by atoms with Crippen LogP contribution in [0.1, 0.15) is 206 Å². The largest absolute Gasteiger partial charge is 0.472 e. The van der Waals surface area contributed by atoms with Gasteiger partial charge in [0, 0.05) is 19.6 Å². The molecule has 0 bridgehead atoms. The van der Waals surface area contributed by atoms with Crippen molar-refractivity contribution in [1.82, 2.24) is 0 Å². The minimum absolute atomic E-state index is 0.0891. The highest BCUT2D eigenvalue weighted by molar-refractivity contribution is 7.47. The van der Waals surface area contributed by atoms with Crippen LogP contribution in [0.5, 0.6) is 0 Å². The normalized spacial score (nSPS) is 14.2. The number of phosphoric acid groups is 1. The van der Waals surface area contributed by atoms with Crippen LogP contribution in [0.2, 0.25) is 0 Å². The summed E-state index contributed by atoms with van der Waals surface area (Å²) in [7, 11) is -4.30. The maximum absolute atomic E-state index is 12.7. The van der Waals surface area contributed by atoms with Crippen molar-refractivity contribution in [3.63, 3.8) is 0 Å². The average Bonchev–Trinajstić information content (AvgIpc) is 3.31. The minimum atomic E-state index is -4.30. The minimum Gasteiger partial charge on any atom is -0.457 e. The summed E-state index contributed by atoms with van der Waals surface area (Å²) in [5.74, 6) is -0.348. The average molecular weight is 940 g/mol. The van der Waals surface area contributed by atoms with Crippen LogP contribution in [0, 0.1) is 0 Å². The van der Waals surface area contributed by atoms with E-state index in [1.165, 1.54) is 83.5 Å². The van der Waals surface area contributed by atoms with Gasteiger partial charge in [-0.1, -0.05) is 207 Å². The van der Waals surface area contributed by atoms with Crippen LogP contribution in [-0.4, -0.2) is 49.9 Å². The first-order valence-electron chi connectivity index (χ1n) is 26.4. The highest BCUT2D eigenvalue weighted by atomic mass is 31.2. The lowest BCUT2D eigenvalue weighted by molar-refractivity contribution is -0.154. The number of carbonyl (C=O) groups is 1. The lowest BCUT2D eigenvalue weighted by Gasteiger charge is -2.20. The van der Waals surface area contributed by atoms with Crippen LogP contribution >= 0.6 is 7.82 Å². The van der Waals surface area contributed by atoms with Gasteiger partial charge in [0.1, 0.15) is 6.10 Å². The Kier molecular flexibility index (Phi) is 50.8. The van der Waals surface area contributed by atoms with E-state index in [-0.39, 0.29) is 32.3 Å². The zero-order valence-electron chi connectivity index (χ0n) is 42.1. The van der Waals surface area contributed by atoms with Gasteiger partial charge in [-0.2, -0.15) is 0 Å². The predicted molar refractivity (Wildman–Crippen MR) is 284 cm³/mol. The van der Waals surface area contributed by atoms with E-state index in [1.807, 2.05) is 0 Å². The number of nitrogens with two attached hydrogens (primary N) is 1. The number of hydrogen-bond acceptors (Lipinski definition) is 7. The van der Waals surface area contributed by atoms with Gasteiger partial charge in [-0.3, -0.25) is 13.8 Å². The number of hydrogen-bond donors (Lipinski definition) is 2. The Bertz CT molecular complexity index is 1380. The van der Waals surface area contributed by atoms with E-state index < -0.39 is 13.9 Å². The van der Waals surface area contributed by atoms with Crippen LogP contribution < -0.4 is 5.73 Å². The van der Waals surface area contributed by atoms with Gasteiger partial charge < -0.3 is 20.1 Å². The highest BCUT2D eigenvalue weighted by Crippen LogP contribution is 2.43. The molecule has 2 atom stereocenters. The van der Waals surface area contributed by atoms with E-state index in [1.54, 1.807) is 0 Å². The van der Waals surface area contributed by atoms with Gasteiger partial charge in [0.2, 0.25) is 0 Å². The first-order chi connectivity index (χ1) is 32.4. The molecule has 8 nitrogen and oxygen atoms in total. The Hall–Kier alpha value is -2.84. The van der Waals surface area contributed by atoms with Crippen LogP contribution in [-0.2, 0) is 27.9 Å². The summed E-state index contributed by atoms with van der Waals surface area (Å²) in [6, 6.07) is 0. The monoisotopic (exact) mass is 940 g/mol. The molecular weight excluding hydrogens is 842 g/mol. The van der Waals surface area contributed by atoms with Crippen molar-refractivity contribution >= 4 is 13.8 Å². The summed E-state index contributed by atoms with van der Waals surface area (Å²) in [4.78, 5) is 22.6. The maximum atomic E-state index is 12.7. The van der Waals surface area contributed by atoms with Gasteiger partial charge >= 0.3 is 13.8 Å². The second-order valence-corrected chi connectivity index (χ2v) is 18.5. The van der Waals surface area contributed by atoms with Crippen molar-refractivity contribution in [1.29, 1.82) is 0 Å². The molecule has 0 aromatic rings. The van der Waals surface area contributed by atoms with Gasteiger partial charge in [0.15, 0.2) is 0 Å². The van der Waals surface area contributed by atoms with Crippen LogP contribution in [0.4, 0.5) is 0 Å². The van der Waals surface area contributed by atoms with Crippen LogP contribution in [0.3, 0.4) is 0 Å². The molecule has 0 aliphatic carbocycles. The molecule has 0 amide bonds. The van der Waals surface area contributed by atoms with E-state index in [2.05, 4.69) is 123 Å². The predicted octanol–water partition coefficient (Wildman–Crippen LogP) is 16.8. The van der Waals surface area contributed by atoms with Crippen molar-refractivity contribution in [3.05, 3.63) is 109 Å². The third-order valence-electron chi connectivity index (χ3n) is 10.7. The van der Waals surface area contributed by atoms with Gasteiger partial charge in [-0.15, -0.1) is 0 Å². The SMILES string of the molecule is CC/C=C\C/C=C\C/C=C\C/C=C\C/C=C\C/C=C\CCCCCCCOCC(COP(=O)(O)OCCN)OC(=O)CCCCCCCCCC/C=C\C/C=C\C/C=C\CCCCCCC. The highest BCUT2D eigenvalue weighted by Gasteiger charge is 2.25. The quantitative estimate of drug-likeness (QED) is 0.0268. The molecule has 378 valence electrons. The van der Waals surface area contributed by atoms with Crippen LogP contribution in [0.25, 0.3) is 0 Å². The number of carbonyl (C=O) groups excluding carboxylic acids is 1. The Morgan fingerprint density at radius 1 is 0.470 bits per heavy atom. The van der Waals surface area contributed by atoms with E-state index in [0.29, 0.717) is 13.0 Å². The second-order valence-electron chi connectivity index (χ2n) is 17.0. The summed E-state index contributed by atoms with van der Waals surface area (Å²) in [5, 5.41) is 0. The Morgan fingerprint density at radius 2 is 0.848 bits per heavy atom. The van der Waals surface area contributed by atoms with Crippen molar-refractivity contribution in [2.45, 2.75) is 213 Å². The molecule has 0 aromatic carbocycles. The van der Waals surface area contributed by atoms with Crippen molar-refractivity contribution in [2.75, 3.05) is 33.0 Å². The molecule has 0 aliphatic rings. The third-order valence-corrected chi connectivity index (χ3v) is 11.7. The van der Waals surface area contributed by atoms with Crippen molar-refractivity contribution in [3.8, 4) is 0 Å². The molecule has 0 saturated carbocycles. The molecule has 0 saturated heterocycles.